The molecule has 2 nitrogen and oxygen atoms in total. The SMILES string of the molecule is CCC1CCCCC1N1CC(CC)(CC)NCC1C(C)C. The van der Waals surface area contributed by atoms with Gasteiger partial charge in [-0.25, -0.2) is 0 Å². The van der Waals surface area contributed by atoms with Gasteiger partial charge in [0.25, 0.3) is 0 Å². The number of nitrogens with zero attached hydrogens (tertiary/aromatic N) is 1. The second-order valence-corrected chi connectivity index (χ2v) is 7.87. The van der Waals surface area contributed by atoms with Crippen LogP contribution in [0.4, 0.5) is 0 Å². The van der Waals surface area contributed by atoms with E-state index in [-0.39, 0.29) is 0 Å². The van der Waals surface area contributed by atoms with E-state index >= 15 is 0 Å². The van der Waals surface area contributed by atoms with E-state index in [2.05, 4.69) is 44.8 Å². The maximum absolute atomic E-state index is 3.92. The molecule has 1 aliphatic carbocycles. The number of rotatable bonds is 5. The van der Waals surface area contributed by atoms with Gasteiger partial charge in [-0.3, -0.25) is 4.90 Å². The molecule has 0 aromatic carbocycles. The fourth-order valence-corrected chi connectivity index (χ4v) is 4.77. The summed E-state index contributed by atoms with van der Waals surface area (Å²) in [5, 5.41) is 3.92. The standard InChI is InChI=1S/C19H38N2/c1-6-16-11-9-10-12-17(16)21-14-19(7-2,8-3)20-13-18(21)15(4)5/h15-18,20H,6-14H2,1-5H3. The maximum atomic E-state index is 3.92. The molecule has 2 rings (SSSR count). The normalized spacial score (nSPS) is 34.3. The van der Waals surface area contributed by atoms with Crippen molar-refractivity contribution in [3.05, 3.63) is 0 Å². The lowest BCUT2D eigenvalue weighted by Gasteiger charge is -2.54. The molecular weight excluding hydrogens is 256 g/mol. The first kappa shape index (κ1) is 17.3. The first-order valence-corrected chi connectivity index (χ1v) is 9.57. The Morgan fingerprint density at radius 3 is 2.33 bits per heavy atom. The molecule has 0 amide bonds. The van der Waals surface area contributed by atoms with Gasteiger partial charge in [-0.05, 0) is 37.5 Å². The van der Waals surface area contributed by atoms with Gasteiger partial charge in [0, 0.05) is 30.7 Å². The van der Waals surface area contributed by atoms with Crippen LogP contribution in [-0.4, -0.2) is 35.6 Å². The van der Waals surface area contributed by atoms with E-state index in [1.165, 1.54) is 58.0 Å². The third-order valence-corrected chi connectivity index (χ3v) is 6.54. The molecule has 0 bridgehead atoms. The average molecular weight is 295 g/mol. The Hall–Kier alpha value is -0.0800. The van der Waals surface area contributed by atoms with Crippen LogP contribution in [0.25, 0.3) is 0 Å². The third-order valence-electron chi connectivity index (χ3n) is 6.54. The highest BCUT2D eigenvalue weighted by molar-refractivity contribution is 5.01. The first-order valence-electron chi connectivity index (χ1n) is 9.57. The molecular formula is C19H38N2. The van der Waals surface area contributed by atoms with Crippen molar-refractivity contribution in [2.24, 2.45) is 11.8 Å². The Balaban J connectivity index is 2.20. The molecule has 2 aliphatic rings. The van der Waals surface area contributed by atoms with Crippen molar-refractivity contribution >= 4 is 0 Å². The summed E-state index contributed by atoms with van der Waals surface area (Å²) >= 11 is 0. The second kappa shape index (κ2) is 7.46. The Morgan fingerprint density at radius 1 is 1.10 bits per heavy atom. The quantitative estimate of drug-likeness (QED) is 0.806. The summed E-state index contributed by atoms with van der Waals surface area (Å²) in [6.07, 6.45) is 9.68. The van der Waals surface area contributed by atoms with Crippen LogP contribution in [0, 0.1) is 11.8 Å². The highest BCUT2D eigenvalue weighted by Gasteiger charge is 2.42. The van der Waals surface area contributed by atoms with Crippen LogP contribution in [-0.2, 0) is 0 Å². The van der Waals surface area contributed by atoms with Crippen molar-refractivity contribution in [2.75, 3.05) is 13.1 Å². The van der Waals surface area contributed by atoms with Crippen molar-refractivity contribution < 1.29 is 0 Å². The Labute approximate surface area is 133 Å². The lowest BCUT2D eigenvalue weighted by atomic mass is 9.78. The van der Waals surface area contributed by atoms with Gasteiger partial charge in [-0.1, -0.05) is 53.9 Å². The van der Waals surface area contributed by atoms with E-state index in [0.29, 0.717) is 5.54 Å². The smallest absolute Gasteiger partial charge is 0.0304 e. The van der Waals surface area contributed by atoms with E-state index in [1.54, 1.807) is 0 Å². The molecule has 0 spiro atoms. The zero-order chi connectivity index (χ0) is 15.5. The predicted octanol–water partition coefficient (Wildman–Crippen LogP) is 4.44. The minimum Gasteiger partial charge on any atom is -0.308 e. The van der Waals surface area contributed by atoms with Gasteiger partial charge in [0.2, 0.25) is 0 Å². The lowest BCUT2D eigenvalue weighted by Crippen LogP contribution is -2.68. The summed E-state index contributed by atoms with van der Waals surface area (Å²) in [5.74, 6) is 1.69. The maximum Gasteiger partial charge on any atom is 0.0304 e. The van der Waals surface area contributed by atoms with Crippen LogP contribution < -0.4 is 5.32 Å². The van der Waals surface area contributed by atoms with Crippen LogP contribution in [0.1, 0.15) is 79.6 Å². The molecule has 124 valence electrons. The van der Waals surface area contributed by atoms with E-state index in [4.69, 9.17) is 0 Å². The molecule has 3 unspecified atom stereocenters. The van der Waals surface area contributed by atoms with E-state index in [9.17, 15) is 0 Å². The summed E-state index contributed by atoms with van der Waals surface area (Å²) in [4.78, 5) is 2.95. The van der Waals surface area contributed by atoms with Crippen molar-refractivity contribution in [3.63, 3.8) is 0 Å². The van der Waals surface area contributed by atoms with Gasteiger partial charge in [-0.2, -0.15) is 0 Å². The fraction of sp³-hybridized carbons (Fsp3) is 1.00. The summed E-state index contributed by atoms with van der Waals surface area (Å²) < 4.78 is 0. The van der Waals surface area contributed by atoms with Gasteiger partial charge < -0.3 is 5.32 Å². The topological polar surface area (TPSA) is 15.3 Å². The number of nitrogens with one attached hydrogen (secondary N) is 1. The van der Waals surface area contributed by atoms with Crippen molar-refractivity contribution in [3.8, 4) is 0 Å². The molecule has 21 heavy (non-hydrogen) atoms. The first-order chi connectivity index (χ1) is 10.1. The molecule has 1 saturated carbocycles. The molecule has 0 radical (unpaired) electrons. The number of hydrogen-bond acceptors (Lipinski definition) is 2. The second-order valence-electron chi connectivity index (χ2n) is 7.87. The van der Waals surface area contributed by atoms with Crippen LogP contribution in [0.15, 0.2) is 0 Å². The number of piperazine rings is 1. The highest BCUT2D eigenvalue weighted by atomic mass is 15.3. The zero-order valence-corrected chi connectivity index (χ0v) is 15.1. The van der Waals surface area contributed by atoms with E-state index in [1.807, 2.05) is 0 Å². The van der Waals surface area contributed by atoms with E-state index in [0.717, 1.165) is 23.9 Å². The van der Waals surface area contributed by atoms with Crippen LogP contribution >= 0.6 is 0 Å². The van der Waals surface area contributed by atoms with Crippen molar-refractivity contribution in [1.29, 1.82) is 0 Å². The predicted molar refractivity (Wildman–Crippen MR) is 92.7 cm³/mol. The average Bonchev–Trinajstić information content (AvgIpc) is 2.54. The molecule has 1 heterocycles. The molecule has 1 saturated heterocycles. The fourth-order valence-electron chi connectivity index (χ4n) is 4.77. The summed E-state index contributed by atoms with van der Waals surface area (Å²) in [5.41, 5.74) is 0.362. The zero-order valence-electron chi connectivity index (χ0n) is 15.1. The van der Waals surface area contributed by atoms with Crippen molar-refractivity contribution in [1.82, 2.24) is 10.2 Å². The molecule has 0 aromatic heterocycles. The number of hydrogen-bond donors (Lipinski definition) is 1. The molecule has 1 N–H and O–H groups in total. The van der Waals surface area contributed by atoms with Crippen LogP contribution in [0.5, 0.6) is 0 Å². The molecule has 2 heteroatoms. The van der Waals surface area contributed by atoms with Gasteiger partial charge in [0.05, 0.1) is 0 Å². The van der Waals surface area contributed by atoms with Gasteiger partial charge in [0.1, 0.15) is 0 Å². The Morgan fingerprint density at radius 2 is 1.76 bits per heavy atom. The Kier molecular flexibility index (Phi) is 6.14. The van der Waals surface area contributed by atoms with Crippen LogP contribution in [0.2, 0.25) is 0 Å². The van der Waals surface area contributed by atoms with Crippen LogP contribution in [0.3, 0.4) is 0 Å². The summed E-state index contributed by atoms with van der Waals surface area (Å²) in [6, 6.07) is 1.57. The summed E-state index contributed by atoms with van der Waals surface area (Å²) in [7, 11) is 0. The van der Waals surface area contributed by atoms with Crippen molar-refractivity contribution in [2.45, 2.75) is 97.2 Å². The molecule has 3 atom stereocenters. The largest absolute Gasteiger partial charge is 0.308 e. The van der Waals surface area contributed by atoms with Gasteiger partial charge in [0.15, 0.2) is 0 Å². The molecule has 2 fully saturated rings. The lowest BCUT2D eigenvalue weighted by molar-refractivity contribution is -0.0171. The third kappa shape index (κ3) is 3.64. The monoisotopic (exact) mass is 294 g/mol. The molecule has 0 aromatic rings. The summed E-state index contributed by atoms with van der Waals surface area (Å²) in [6.45, 7) is 14.4. The van der Waals surface area contributed by atoms with E-state index < -0.39 is 0 Å². The minimum absolute atomic E-state index is 0.362. The van der Waals surface area contributed by atoms with Gasteiger partial charge in [-0.15, -0.1) is 0 Å². The minimum atomic E-state index is 0.362. The van der Waals surface area contributed by atoms with Gasteiger partial charge >= 0.3 is 0 Å². The highest BCUT2D eigenvalue weighted by Crippen LogP contribution is 2.36. The molecule has 1 aliphatic heterocycles. The Bertz CT molecular complexity index is 309.